The highest BCUT2D eigenvalue weighted by Gasteiger charge is 2.11. The van der Waals surface area contributed by atoms with E-state index in [1.165, 1.54) is 6.08 Å². The predicted molar refractivity (Wildman–Crippen MR) is 53.9 cm³/mol. The molecule has 0 unspecified atom stereocenters. The molecule has 0 amide bonds. The summed E-state index contributed by atoms with van der Waals surface area (Å²) < 4.78 is 4.84. The Hall–Kier alpha value is -1.84. The fourth-order valence-electron chi connectivity index (χ4n) is 0.956. The van der Waals surface area contributed by atoms with Crippen molar-refractivity contribution in [1.29, 1.82) is 0 Å². The molecule has 0 fully saturated rings. The number of esters is 1. The van der Waals surface area contributed by atoms with Crippen LogP contribution in [0, 0.1) is 6.92 Å². The Morgan fingerprint density at radius 2 is 2.50 bits per heavy atom. The second-order valence-corrected chi connectivity index (χ2v) is 2.83. The van der Waals surface area contributed by atoms with Crippen molar-refractivity contribution in [2.45, 2.75) is 6.92 Å². The molecule has 0 aromatic carbocycles. The highest BCUT2D eigenvalue weighted by atomic mass is 16.5. The number of nitrogen functional groups attached to an aromatic ring is 1. The number of pyridine rings is 1. The van der Waals surface area contributed by atoms with E-state index in [0.717, 1.165) is 5.56 Å². The molecule has 1 aromatic heterocycles. The van der Waals surface area contributed by atoms with E-state index < -0.39 is 5.97 Å². The second-order valence-electron chi connectivity index (χ2n) is 2.83. The number of nitrogens with two attached hydrogens (primary N) is 1. The molecule has 0 aliphatic heterocycles. The van der Waals surface area contributed by atoms with Crippen LogP contribution in [-0.4, -0.2) is 17.6 Å². The maximum absolute atomic E-state index is 11.4. The molecule has 0 aliphatic rings. The van der Waals surface area contributed by atoms with E-state index in [0.29, 0.717) is 5.56 Å². The van der Waals surface area contributed by atoms with Crippen LogP contribution in [-0.2, 0) is 4.74 Å². The number of anilines is 1. The molecule has 0 bridgehead atoms. The van der Waals surface area contributed by atoms with Gasteiger partial charge in [-0.2, -0.15) is 0 Å². The first-order valence-electron chi connectivity index (χ1n) is 4.15. The fourth-order valence-corrected chi connectivity index (χ4v) is 0.956. The summed E-state index contributed by atoms with van der Waals surface area (Å²) in [6.45, 7) is 5.45. The van der Waals surface area contributed by atoms with Crippen molar-refractivity contribution in [3.05, 3.63) is 36.0 Å². The molecule has 4 heteroatoms. The molecule has 0 radical (unpaired) electrons. The highest BCUT2D eigenvalue weighted by molar-refractivity contribution is 5.94. The van der Waals surface area contributed by atoms with Gasteiger partial charge in [-0.1, -0.05) is 12.7 Å². The molecule has 0 atom stereocenters. The van der Waals surface area contributed by atoms with Gasteiger partial charge in [0.25, 0.3) is 0 Å². The van der Waals surface area contributed by atoms with Gasteiger partial charge in [-0.25, -0.2) is 9.78 Å². The van der Waals surface area contributed by atoms with Crippen LogP contribution in [0.4, 0.5) is 5.82 Å². The number of carbonyl (C=O) groups is 1. The molecular formula is C10H12N2O2. The van der Waals surface area contributed by atoms with E-state index in [4.69, 9.17) is 10.5 Å². The fraction of sp³-hybridized carbons (Fsp3) is 0.200. The molecule has 1 heterocycles. The van der Waals surface area contributed by atoms with Crippen molar-refractivity contribution >= 4 is 11.8 Å². The molecule has 1 rings (SSSR count). The average molecular weight is 192 g/mol. The van der Waals surface area contributed by atoms with Gasteiger partial charge in [-0.05, 0) is 18.6 Å². The van der Waals surface area contributed by atoms with Crippen molar-refractivity contribution in [3.8, 4) is 0 Å². The number of nitrogens with zero attached hydrogens (tertiary/aromatic N) is 1. The Balaban J connectivity index is 2.88. The maximum atomic E-state index is 11.4. The van der Waals surface area contributed by atoms with E-state index in [1.54, 1.807) is 12.3 Å². The number of hydrogen-bond donors (Lipinski definition) is 1. The maximum Gasteiger partial charge on any atom is 0.342 e. The molecule has 2 N–H and O–H groups in total. The van der Waals surface area contributed by atoms with Crippen LogP contribution in [0.5, 0.6) is 0 Å². The number of carbonyl (C=O) groups excluding carboxylic acids is 1. The van der Waals surface area contributed by atoms with Gasteiger partial charge < -0.3 is 10.5 Å². The number of aromatic nitrogens is 1. The van der Waals surface area contributed by atoms with Crippen molar-refractivity contribution in [1.82, 2.24) is 4.98 Å². The van der Waals surface area contributed by atoms with Crippen LogP contribution in [0.15, 0.2) is 24.9 Å². The first-order valence-corrected chi connectivity index (χ1v) is 4.15. The SMILES string of the molecule is C=CCOC(=O)c1cc(C)cnc1N. The van der Waals surface area contributed by atoms with Gasteiger partial charge in [0.15, 0.2) is 0 Å². The number of aryl methyl sites for hydroxylation is 1. The van der Waals surface area contributed by atoms with Crippen molar-refractivity contribution in [3.63, 3.8) is 0 Å². The topological polar surface area (TPSA) is 65.2 Å². The first kappa shape index (κ1) is 10.2. The van der Waals surface area contributed by atoms with Gasteiger partial charge in [-0.3, -0.25) is 0 Å². The Kier molecular flexibility index (Phi) is 3.23. The van der Waals surface area contributed by atoms with Crippen LogP contribution < -0.4 is 5.73 Å². The Bertz CT molecular complexity index is 361. The largest absolute Gasteiger partial charge is 0.458 e. The van der Waals surface area contributed by atoms with Crippen LogP contribution in [0.2, 0.25) is 0 Å². The third-order valence-electron chi connectivity index (χ3n) is 1.61. The van der Waals surface area contributed by atoms with E-state index in [1.807, 2.05) is 6.92 Å². The Morgan fingerprint density at radius 3 is 3.14 bits per heavy atom. The monoisotopic (exact) mass is 192 g/mol. The summed E-state index contributed by atoms with van der Waals surface area (Å²) in [5.41, 5.74) is 6.69. The van der Waals surface area contributed by atoms with Crippen molar-refractivity contribution in [2.75, 3.05) is 12.3 Å². The van der Waals surface area contributed by atoms with E-state index in [2.05, 4.69) is 11.6 Å². The summed E-state index contributed by atoms with van der Waals surface area (Å²) in [6, 6.07) is 1.65. The Labute approximate surface area is 82.4 Å². The smallest absolute Gasteiger partial charge is 0.342 e. The van der Waals surface area contributed by atoms with Crippen LogP contribution >= 0.6 is 0 Å². The molecular weight excluding hydrogens is 180 g/mol. The third-order valence-corrected chi connectivity index (χ3v) is 1.61. The van der Waals surface area contributed by atoms with Gasteiger partial charge in [0, 0.05) is 6.20 Å². The summed E-state index contributed by atoms with van der Waals surface area (Å²) in [7, 11) is 0. The summed E-state index contributed by atoms with van der Waals surface area (Å²) >= 11 is 0. The van der Waals surface area contributed by atoms with Gasteiger partial charge in [0.2, 0.25) is 0 Å². The second kappa shape index (κ2) is 4.41. The number of rotatable bonds is 3. The quantitative estimate of drug-likeness (QED) is 0.579. The van der Waals surface area contributed by atoms with Crippen molar-refractivity contribution in [2.24, 2.45) is 0 Å². The lowest BCUT2D eigenvalue weighted by molar-refractivity contribution is 0.0550. The molecule has 0 spiro atoms. The summed E-state index contributed by atoms with van der Waals surface area (Å²) in [5, 5.41) is 0. The minimum absolute atomic E-state index is 0.173. The van der Waals surface area contributed by atoms with Gasteiger partial charge >= 0.3 is 5.97 Å². The number of hydrogen-bond acceptors (Lipinski definition) is 4. The minimum atomic E-state index is -0.474. The lowest BCUT2D eigenvalue weighted by atomic mass is 10.2. The molecule has 4 nitrogen and oxygen atoms in total. The zero-order valence-electron chi connectivity index (χ0n) is 7.99. The lowest BCUT2D eigenvalue weighted by Crippen LogP contribution is -2.09. The molecule has 1 aromatic rings. The summed E-state index contributed by atoms with van der Waals surface area (Å²) in [5.74, 6) is -0.289. The molecule has 0 saturated heterocycles. The van der Waals surface area contributed by atoms with Gasteiger partial charge in [-0.15, -0.1) is 0 Å². The standard InChI is InChI=1S/C10H12N2O2/c1-3-4-14-10(13)8-5-7(2)6-12-9(8)11/h3,5-6H,1,4H2,2H3,(H2,11,12). The summed E-state index contributed by atoms with van der Waals surface area (Å²) in [4.78, 5) is 15.2. The van der Waals surface area contributed by atoms with E-state index >= 15 is 0 Å². The molecule has 74 valence electrons. The van der Waals surface area contributed by atoms with E-state index in [-0.39, 0.29) is 12.4 Å². The predicted octanol–water partition coefficient (Wildman–Crippen LogP) is 1.32. The third kappa shape index (κ3) is 2.32. The summed E-state index contributed by atoms with van der Waals surface area (Å²) in [6.07, 6.45) is 3.09. The van der Waals surface area contributed by atoms with Crippen LogP contribution in [0.25, 0.3) is 0 Å². The lowest BCUT2D eigenvalue weighted by Gasteiger charge is -2.04. The zero-order chi connectivity index (χ0) is 10.6. The minimum Gasteiger partial charge on any atom is -0.458 e. The number of ether oxygens (including phenoxy) is 1. The molecule has 0 saturated carbocycles. The van der Waals surface area contributed by atoms with Crippen LogP contribution in [0.1, 0.15) is 15.9 Å². The average Bonchev–Trinajstić information content (AvgIpc) is 2.18. The Morgan fingerprint density at radius 1 is 1.79 bits per heavy atom. The highest BCUT2D eigenvalue weighted by Crippen LogP contribution is 2.11. The molecule has 14 heavy (non-hydrogen) atoms. The van der Waals surface area contributed by atoms with Crippen molar-refractivity contribution < 1.29 is 9.53 Å². The van der Waals surface area contributed by atoms with Crippen LogP contribution in [0.3, 0.4) is 0 Å². The zero-order valence-corrected chi connectivity index (χ0v) is 7.99. The molecule has 0 aliphatic carbocycles. The van der Waals surface area contributed by atoms with Gasteiger partial charge in [0.1, 0.15) is 18.0 Å². The first-order chi connectivity index (χ1) is 6.65. The van der Waals surface area contributed by atoms with Gasteiger partial charge in [0.05, 0.1) is 0 Å². The normalized spacial score (nSPS) is 9.50. The van der Waals surface area contributed by atoms with E-state index in [9.17, 15) is 4.79 Å².